The number of hydrogen-bond acceptors (Lipinski definition) is 4. The van der Waals surface area contributed by atoms with Gasteiger partial charge in [-0.3, -0.25) is 0 Å². The second-order valence-electron chi connectivity index (χ2n) is 5.88. The summed E-state index contributed by atoms with van der Waals surface area (Å²) in [4.78, 5) is 17.0. The van der Waals surface area contributed by atoms with Gasteiger partial charge in [0.05, 0.1) is 0 Å². The van der Waals surface area contributed by atoms with Crippen molar-refractivity contribution in [3.63, 3.8) is 0 Å². The molecule has 0 saturated heterocycles. The molecular formula is C19H15NO2S. The molecule has 1 atom stereocenters. The number of carbonyl (C=O) groups excluding carboxylic acids is 1. The highest BCUT2D eigenvalue weighted by atomic mass is 32.1. The van der Waals surface area contributed by atoms with Crippen molar-refractivity contribution in [2.24, 2.45) is 4.99 Å². The molecule has 0 N–H and O–H groups in total. The van der Waals surface area contributed by atoms with Gasteiger partial charge in [-0.1, -0.05) is 36.4 Å². The Morgan fingerprint density at radius 1 is 1.09 bits per heavy atom. The van der Waals surface area contributed by atoms with E-state index < -0.39 is 5.54 Å². The number of aliphatic imine (C=N–C) groups is 1. The molecule has 4 heteroatoms. The number of nitrogens with zero attached hydrogens (tertiary/aromatic N) is 1. The SMILES string of the molecule is C[C@@]1(Cc2csc3ccccc23)N=C(c2ccccc2)OC1=O. The number of esters is 1. The lowest BCUT2D eigenvalue weighted by Gasteiger charge is -2.15. The molecule has 1 aliphatic heterocycles. The molecule has 4 rings (SSSR count). The second-order valence-corrected chi connectivity index (χ2v) is 6.79. The Hall–Kier alpha value is -2.46. The van der Waals surface area contributed by atoms with E-state index in [0.29, 0.717) is 12.3 Å². The fourth-order valence-electron chi connectivity index (χ4n) is 2.85. The molecule has 0 spiro atoms. The van der Waals surface area contributed by atoms with E-state index in [1.54, 1.807) is 11.3 Å². The van der Waals surface area contributed by atoms with Gasteiger partial charge < -0.3 is 4.74 Å². The van der Waals surface area contributed by atoms with E-state index in [9.17, 15) is 4.79 Å². The number of benzene rings is 2. The molecule has 0 aliphatic carbocycles. The van der Waals surface area contributed by atoms with E-state index in [0.717, 1.165) is 11.1 Å². The van der Waals surface area contributed by atoms with Crippen molar-refractivity contribution >= 4 is 33.3 Å². The maximum atomic E-state index is 12.4. The number of hydrogen-bond donors (Lipinski definition) is 0. The Bertz CT molecular complexity index is 913. The fraction of sp³-hybridized carbons (Fsp3) is 0.158. The maximum absolute atomic E-state index is 12.4. The number of carbonyl (C=O) groups is 1. The first-order valence-corrected chi connectivity index (χ1v) is 8.36. The predicted octanol–water partition coefficient (Wildman–Crippen LogP) is 4.21. The van der Waals surface area contributed by atoms with Crippen molar-refractivity contribution in [2.45, 2.75) is 18.9 Å². The molecular weight excluding hydrogens is 306 g/mol. The third kappa shape index (κ3) is 2.45. The van der Waals surface area contributed by atoms with Gasteiger partial charge in [-0.05, 0) is 41.5 Å². The highest BCUT2D eigenvalue weighted by Gasteiger charge is 2.42. The summed E-state index contributed by atoms with van der Waals surface area (Å²) in [5, 5.41) is 3.30. The first-order chi connectivity index (χ1) is 11.2. The molecule has 1 aliphatic rings. The minimum atomic E-state index is -0.866. The average Bonchev–Trinajstić information content (AvgIpc) is 3.11. The summed E-state index contributed by atoms with van der Waals surface area (Å²) >= 11 is 1.69. The minimum absolute atomic E-state index is 0.286. The van der Waals surface area contributed by atoms with Gasteiger partial charge in [-0.2, -0.15) is 0 Å². The van der Waals surface area contributed by atoms with Crippen LogP contribution in [0.15, 0.2) is 65.0 Å². The van der Waals surface area contributed by atoms with Crippen LogP contribution >= 0.6 is 11.3 Å². The van der Waals surface area contributed by atoms with Crippen LogP contribution in [0.25, 0.3) is 10.1 Å². The van der Waals surface area contributed by atoms with Gasteiger partial charge >= 0.3 is 5.97 Å². The Balaban J connectivity index is 1.70. The van der Waals surface area contributed by atoms with Crippen molar-refractivity contribution in [1.29, 1.82) is 0 Å². The zero-order valence-corrected chi connectivity index (χ0v) is 13.5. The van der Waals surface area contributed by atoms with Gasteiger partial charge in [0.1, 0.15) is 0 Å². The second kappa shape index (κ2) is 5.32. The van der Waals surface area contributed by atoms with E-state index in [1.165, 1.54) is 10.1 Å². The molecule has 0 unspecified atom stereocenters. The lowest BCUT2D eigenvalue weighted by atomic mass is 9.94. The third-order valence-electron chi connectivity index (χ3n) is 4.09. The Morgan fingerprint density at radius 2 is 1.83 bits per heavy atom. The lowest BCUT2D eigenvalue weighted by molar-refractivity contribution is -0.138. The Labute approximate surface area is 138 Å². The topological polar surface area (TPSA) is 38.7 Å². The predicted molar refractivity (Wildman–Crippen MR) is 93.0 cm³/mol. The molecule has 1 aromatic heterocycles. The zero-order chi connectivity index (χ0) is 15.9. The van der Waals surface area contributed by atoms with Crippen LogP contribution in [0, 0.1) is 0 Å². The van der Waals surface area contributed by atoms with Crippen LogP contribution in [-0.2, 0) is 16.0 Å². The summed E-state index contributed by atoms with van der Waals surface area (Å²) in [6.45, 7) is 1.84. The third-order valence-corrected chi connectivity index (χ3v) is 5.11. The Kier molecular flexibility index (Phi) is 3.27. The van der Waals surface area contributed by atoms with Crippen molar-refractivity contribution < 1.29 is 9.53 Å². The summed E-state index contributed by atoms with van der Waals surface area (Å²) in [5.74, 6) is 0.129. The summed E-state index contributed by atoms with van der Waals surface area (Å²) in [6.07, 6.45) is 0.548. The fourth-order valence-corrected chi connectivity index (χ4v) is 3.81. The quantitative estimate of drug-likeness (QED) is 0.678. The molecule has 23 heavy (non-hydrogen) atoms. The first-order valence-electron chi connectivity index (χ1n) is 7.48. The van der Waals surface area contributed by atoms with Crippen LogP contribution in [0.1, 0.15) is 18.1 Å². The minimum Gasteiger partial charge on any atom is -0.405 e. The van der Waals surface area contributed by atoms with Crippen molar-refractivity contribution in [3.05, 3.63) is 71.1 Å². The van der Waals surface area contributed by atoms with E-state index >= 15 is 0 Å². The van der Waals surface area contributed by atoms with Crippen LogP contribution < -0.4 is 0 Å². The lowest BCUT2D eigenvalue weighted by Crippen LogP contribution is -2.32. The van der Waals surface area contributed by atoms with E-state index in [4.69, 9.17) is 4.74 Å². The number of ether oxygens (including phenoxy) is 1. The highest BCUT2D eigenvalue weighted by Crippen LogP contribution is 2.32. The van der Waals surface area contributed by atoms with E-state index in [1.807, 2.05) is 49.4 Å². The van der Waals surface area contributed by atoms with Crippen LogP contribution in [0.4, 0.5) is 0 Å². The van der Waals surface area contributed by atoms with E-state index in [-0.39, 0.29) is 5.97 Å². The molecule has 0 amide bonds. The summed E-state index contributed by atoms with van der Waals surface area (Å²) in [7, 11) is 0. The zero-order valence-electron chi connectivity index (χ0n) is 12.7. The molecule has 114 valence electrons. The molecule has 3 nitrogen and oxygen atoms in total. The average molecular weight is 321 g/mol. The van der Waals surface area contributed by atoms with Gasteiger partial charge in [-0.25, -0.2) is 9.79 Å². The number of cyclic esters (lactones) is 1. The standard InChI is InChI=1S/C19H15NO2S/c1-19(11-14-12-23-16-10-6-5-9-15(14)16)18(21)22-17(20-19)13-7-3-2-4-8-13/h2-10,12H,11H2,1H3/t19-/m0/s1. The smallest absolute Gasteiger partial charge is 0.340 e. The van der Waals surface area contributed by atoms with Gasteiger partial charge in [0.15, 0.2) is 5.54 Å². The molecule has 0 bridgehead atoms. The van der Waals surface area contributed by atoms with Crippen LogP contribution in [0.2, 0.25) is 0 Å². The number of fused-ring (bicyclic) bond motifs is 1. The van der Waals surface area contributed by atoms with E-state index in [2.05, 4.69) is 22.5 Å². The molecule has 3 aromatic rings. The summed E-state index contributed by atoms with van der Waals surface area (Å²) < 4.78 is 6.66. The Morgan fingerprint density at radius 3 is 2.65 bits per heavy atom. The maximum Gasteiger partial charge on any atom is 0.340 e. The first kappa shape index (κ1) is 14.2. The molecule has 2 heterocycles. The normalized spacial score (nSPS) is 20.6. The summed E-state index contributed by atoms with van der Waals surface area (Å²) in [6, 6.07) is 17.8. The molecule has 0 saturated carbocycles. The van der Waals surface area contributed by atoms with Crippen molar-refractivity contribution in [2.75, 3.05) is 0 Å². The van der Waals surface area contributed by atoms with Crippen LogP contribution in [-0.4, -0.2) is 17.4 Å². The van der Waals surface area contributed by atoms with Crippen LogP contribution in [0.3, 0.4) is 0 Å². The molecule has 0 fully saturated rings. The van der Waals surface area contributed by atoms with Gasteiger partial charge in [0.25, 0.3) is 0 Å². The van der Waals surface area contributed by atoms with Gasteiger partial charge in [0.2, 0.25) is 5.90 Å². The van der Waals surface area contributed by atoms with Gasteiger partial charge in [0, 0.05) is 16.7 Å². The summed E-state index contributed by atoms with van der Waals surface area (Å²) in [5.41, 5.74) is 1.11. The number of rotatable bonds is 3. The van der Waals surface area contributed by atoms with Crippen LogP contribution in [0.5, 0.6) is 0 Å². The number of thiophene rings is 1. The molecule has 2 aromatic carbocycles. The largest absolute Gasteiger partial charge is 0.405 e. The van der Waals surface area contributed by atoms with Gasteiger partial charge in [-0.15, -0.1) is 11.3 Å². The molecule has 0 radical (unpaired) electrons. The van der Waals surface area contributed by atoms with Crippen molar-refractivity contribution in [3.8, 4) is 0 Å². The highest BCUT2D eigenvalue weighted by molar-refractivity contribution is 7.17. The monoisotopic (exact) mass is 321 g/mol. The van der Waals surface area contributed by atoms with Crippen molar-refractivity contribution in [1.82, 2.24) is 0 Å².